The molecule has 0 spiro atoms. The predicted molar refractivity (Wildman–Crippen MR) is 99.0 cm³/mol. The lowest BCUT2D eigenvalue weighted by atomic mass is 10.2. The molecule has 0 aliphatic rings. The van der Waals surface area contributed by atoms with Crippen LogP contribution in [0.1, 0.15) is 26.7 Å². The van der Waals surface area contributed by atoms with Crippen LogP contribution < -0.4 is 16.0 Å². The first-order valence-corrected chi connectivity index (χ1v) is 9.06. The van der Waals surface area contributed by atoms with Gasteiger partial charge in [0.1, 0.15) is 0 Å². The number of rotatable bonds is 9. The molecule has 1 amide bonds. The molecule has 0 radical (unpaired) electrons. The van der Waals surface area contributed by atoms with Crippen molar-refractivity contribution in [3.8, 4) is 0 Å². The Hall–Kier alpha value is -1.69. The summed E-state index contributed by atoms with van der Waals surface area (Å²) in [6.07, 6.45) is 1.39. The molecule has 0 aliphatic heterocycles. The van der Waals surface area contributed by atoms with Gasteiger partial charge in [-0.1, -0.05) is 25.1 Å². The quantitative estimate of drug-likeness (QED) is 0.280. The molecule has 128 valence electrons. The molecule has 0 saturated heterocycles. The number of nitrogens with zero attached hydrogens (tertiary/aromatic N) is 1. The van der Waals surface area contributed by atoms with Gasteiger partial charge in [0.05, 0.1) is 0 Å². The highest BCUT2D eigenvalue weighted by atomic mass is 32.2. The molecule has 1 atom stereocenters. The smallest absolute Gasteiger partial charge is 0.221 e. The third-order valence-electron chi connectivity index (χ3n) is 3.29. The largest absolute Gasteiger partial charge is 0.356 e. The maximum atomic E-state index is 11.7. The summed E-state index contributed by atoms with van der Waals surface area (Å²) in [5.74, 6) is 1.76. The average molecular weight is 337 g/mol. The van der Waals surface area contributed by atoms with E-state index in [4.69, 9.17) is 0 Å². The standard InChI is InChI=1S/C17H28N4OS/c1-4-14(2)21-16(22)10-11-19-17(18-3)20-12-13-23-15-8-6-5-7-9-15/h5-9,14H,4,10-13H2,1-3H3,(H,21,22)(H2,18,19,20). The highest BCUT2D eigenvalue weighted by molar-refractivity contribution is 7.99. The van der Waals surface area contributed by atoms with Crippen LogP contribution in [0.4, 0.5) is 0 Å². The molecule has 0 saturated carbocycles. The molecular weight excluding hydrogens is 308 g/mol. The van der Waals surface area contributed by atoms with Crippen LogP contribution in [0.25, 0.3) is 0 Å². The molecule has 5 nitrogen and oxygen atoms in total. The van der Waals surface area contributed by atoms with Gasteiger partial charge in [0.2, 0.25) is 5.91 Å². The van der Waals surface area contributed by atoms with Gasteiger partial charge in [-0.05, 0) is 25.5 Å². The maximum absolute atomic E-state index is 11.7. The molecule has 0 bridgehead atoms. The Balaban J connectivity index is 2.13. The number of hydrogen-bond acceptors (Lipinski definition) is 3. The minimum Gasteiger partial charge on any atom is -0.356 e. The fourth-order valence-electron chi connectivity index (χ4n) is 1.82. The van der Waals surface area contributed by atoms with Crippen molar-refractivity contribution in [3.63, 3.8) is 0 Å². The van der Waals surface area contributed by atoms with Crippen LogP contribution in [0, 0.1) is 0 Å². The summed E-state index contributed by atoms with van der Waals surface area (Å²) in [6, 6.07) is 10.5. The molecule has 0 aliphatic carbocycles. The van der Waals surface area contributed by atoms with E-state index in [1.54, 1.807) is 18.8 Å². The van der Waals surface area contributed by atoms with Crippen molar-refractivity contribution in [1.29, 1.82) is 0 Å². The van der Waals surface area contributed by atoms with E-state index in [1.165, 1.54) is 4.90 Å². The summed E-state index contributed by atoms with van der Waals surface area (Å²) in [7, 11) is 1.74. The predicted octanol–water partition coefficient (Wildman–Crippen LogP) is 2.25. The van der Waals surface area contributed by atoms with Gasteiger partial charge in [-0.25, -0.2) is 0 Å². The number of nitrogens with one attached hydrogen (secondary N) is 3. The highest BCUT2D eigenvalue weighted by Crippen LogP contribution is 2.15. The lowest BCUT2D eigenvalue weighted by Gasteiger charge is -2.13. The normalized spacial score (nSPS) is 12.6. The number of carbonyl (C=O) groups excluding carboxylic acids is 1. The lowest BCUT2D eigenvalue weighted by molar-refractivity contribution is -0.121. The van der Waals surface area contributed by atoms with Crippen LogP contribution in [-0.4, -0.2) is 43.8 Å². The van der Waals surface area contributed by atoms with E-state index in [2.05, 4.69) is 40.0 Å². The van der Waals surface area contributed by atoms with Gasteiger partial charge in [0.25, 0.3) is 0 Å². The van der Waals surface area contributed by atoms with Crippen LogP contribution >= 0.6 is 11.8 Å². The summed E-state index contributed by atoms with van der Waals surface area (Å²) in [6.45, 7) is 5.46. The van der Waals surface area contributed by atoms with E-state index in [-0.39, 0.29) is 11.9 Å². The minimum atomic E-state index is 0.0712. The molecule has 0 heterocycles. The first-order chi connectivity index (χ1) is 11.2. The number of amides is 1. The van der Waals surface area contributed by atoms with Crippen molar-refractivity contribution < 1.29 is 4.79 Å². The molecular formula is C17H28N4OS. The van der Waals surface area contributed by atoms with E-state index in [1.807, 2.05) is 25.1 Å². The number of benzene rings is 1. The summed E-state index contributed by atoms with van der Waals surface area (Å²) in [4.78, 5) is 17.1. The van der Waals surface area contributed by atoms with Gasteiger partial charge in [-0.2, -0.15) is 0 Å². The Morgan fingerprint density at radius 2 is 1.91 bits per heavy atom. The molecule has 0 fully saturated rings. The van der Waals surface area contributed by atoms with E-state index in [9.17, 15) is 4.79 Å². The highest BCUT2D eigenvalue weighted by Gasteiger charge is 2.05. The monoisotopic (exact) mass is 336 g/mol. The molecule has 23 heavy (non-hydrogen) atoms. The second-order valence-corrected chi connectivity index (χ2v) is 6.38. The summed E-state index contributed by atoms with van der Waals surface area (Å²) >= 11 is 1.80. The molecule has 1 aromatic rings. The number of carbonyl (C=O) groups is 1. The van der Waals surface area contributed by atoms with E-state index < -0.39 is 0 Å². The third-order valence-corrected chi connectivity index (χ3v) is 4.31. The maximum Gasteiger partial charge on any atom is 0.221 e. The van der Waals surface area contributed by atoms with E-state index in [0.29, 0.717) is 13.0 Å². The fraction of sp³-hybridized carbons (Fsp3) is 0.529. The summed E-state index contributed by atoms with van der Waals surface area (Å²) in [5.41, 5.74) is 0. The average Bonchev–Trinajstić information content (AvgIpc) is 2.57. The number of thioether (sulfide) groups is 1. The van der Waals surface area contributed by atoms with Crippen LogP contribution in [0.2, 0.25) is 0 Å². The number of hydrogen-bond donors (Lipinski definition) is 3. The van der Waals surface area contributed by atoms with Gasteiger partial charge in [-0.15, -0.1) is 11.8 Å². The first-order valence-electron chi connectivity index (χ1n) is 8.07. The van der Waals surface area contributed by atoms with Gasteiger partial charge in [0.15, 0.2) is 5.96 Å². The van der Waals surface area contributed by atoms with Gasteiger partial charge >= 0.3 is 0 Å². The van der Waals surface area contributed by atoms with Crippen molar-refractivity contribution in [2.24, 2.45) is 4.99 Å². The molecule has 1 unspecified atom stereocenters. The minimum absolute atomic E-state index is 0.0712. The van der Waals surface area contributed by atoms with Crippen LogP contribution in [0.5, 0.6) is 0 Å². The second-order valence-electron chi connectivity index (χ2n) is 5.21. The fourth-order valence-corrected chi connectivity index (χ4v) is 2.61. The van der Waals surface area contributed by atoms with E-state index >= 15 is 0 Å². The van der Waals surface area contributed by atoms with Crippen LogP contribution in [0.15, 0.2) is 40.2 Å². The summed E-state index contributed by atoms with van der Waals surface area (Å²) < 4.78 is 0. The van der Waals surface area contributed by atoms with Crippen molar-refractivity contribution in [2.45, 2.75) is 37.6 Å². The Kier molecular flexibility index (Phi) is 9.95. The Morgan fingerprint density at radius 1 is 1.22 bits per heavy atom. The molecule has 1 aromatic carbocycles. The molecule has 1 rings (SSSR count). The van der Waals surface area contributed by atoms with Gasteiger partial charge < -0.3 is 16.0 Å². The summed E-state index contributed by atoms with van der Waals surface area (Å²) in [5, 5.41) is 9.36. The Labute approximate surface area is 143 Å². The Bertz CT molecular complexity index is 479. The van der Waals surface area contributed by atoms with Crippen molar-refractivity contribution in [2.75, 3.05) is 25.9 Å². The topological polar surface area (TPSA) is 65.5 Å². The van der Waals surface area contributed by atoms with Gasteiger partial charge in [0, 0.05) is 43.2 Å². The third kappa shape index (κ3) is 9.13. The molecule has 6 heteroatoms. The zero-order valence-corrected chi connectivity index (χ0v) is 15.1. The van der Waals surface area contributed by atoms with Crippen LogP contribution in [-0.2, 0) is 4.79 Å². The van der Waals surface area contributed by atoms with Crippen LogP contribution in [0.3, 0.4) is 0 Å². The number of guanidine groups is 1. The second kappa shape index (κ2) is 11.8. The van der Waals surface area contributed by atoms with Crippen molar-refractivity contribution in [3.05, 3.63) is 30.3 Å². The molecule has 3 N–H and O–H groups in total. The lowest BCUT2D eigenvalue weighted by Crippen LogP contribution is -2.41. The zero-order chi connectivity index (χ0) is 16.9. The van der Waals surface area contributed by atoms with E-state index in [0.717, 1.165) is 24.7 Å². The SMILES string of the molecule is CCC(C)NC(=O)CCNC(=NC)NCCSc1ccccc1. The first kappa shape index (κ1) is 19.4. The van der Waals surface area contributed by atoms with Crippen molar-refractivity contribution >= 4 is 23.6 Å². The van der Waals surface area contributed by atoms with Crippen molar-refractivity contribution in [1.82, 2.24) is 16.0 Å². The molecule has 0 aromatic heterocycles. The zero-order valence-electron chi connectivity index (χ0n) is 14.3. The number of aliphatic imine (C=N–C) groups is 1. The van der Waals surface area contributed by atoms with Gasteiger partial charge in [-0.3, -0.25) is 9.79 Å². The Morgan fingerprint density at radius 3 is 2.57 bits per heavy atom.